The van der Waals surface area contributed by atoms with Gasteiger partial charge in [-0.05, 0) is 122 Å². The molecule has 0 saturated heterocycles. The van der Waals surface area contributed by atoms with E-state index in [0.717, 1.165) is 103 Å². The van der Waals surface area contributed by atoms with Crippen LogP contribution >= 0.6 is 0 Å². The van der Waals surface area contributed by atoms with Gasteiger partial charge < -0.3 is 14.2 Å². The van der Waals surface area contributed by atoms with Crippen LogP contribution in [0.2, 0.25) is 0 Å². The topological polar surface area (TPSA) is 78.9 Å². The maximum absolute atomic E-state index is 12.8. The zero-order chi connectivity index (χ0) is 47.2. The fourth-order valence-electron chi connectivity index (χ4n) is 6.77. The van der Waals surface area contributed by atoms with Crippen molar-refractivity contribution < 1.29 is 28.6 Å². The average Bonchev–Trinajstić information content (AvgIpc) is 3.30. The summed E-state index contributed by atoms with van der Waals surface area (Å²) in [5.74, 6) is -1.03. The first-order chi connectivity index (χ1) is 32.0. The van der Waals surface area contributed by atoms with Gasteiger partial charge in [0, 0.05) is 19.3 Å². The summed E-state index contributed by atoms with van der Waals surface area (Å²) in [5, 5.41) is 0. The van der Waals surface area contributed by atoms with Crippen LogP contribution < -0.4 is 0 Å². The molecular weight excluding hydrogens is 805 g/mol. The van der Waals surface area contributed by atoms with E-state index in [1.807, 2.05) is 0 Å². The lowest BCUT2D eigenvalue weighted by Gasteiger charge is -2.18. The molecule has 0 aliphatic heterocycles. The fraction of sp³-hybridized carbons (Fsp3) is 0.644. The molecule has 0 aromatic rings. The normalized spacial score (nSPS) is 13.0. The molecule has 0 N–H and O–H groups in total. The second-order valence-corrected chi connectivity index (χ2v) is 17.0. The third kappa shape index (κ3) is 50.9. The number of allylic oxidation sites excluding steroid dienone is 18. The Balaban J connectivity index is 4.57. The molecule has 0 bridgehead atoms. The first-order valence-electron chi connectivity index (χ1n) is 26.4. The number of hydrogen-bond acceptors (Lipinski definition) is 6. The van der Waals surface area contributed by atoms with Gasteiger partial charge in [-0.1, -0.05) is 194 Å². The van der Waals surface area contributed by atoms with Gasteiger partial charge in [-0.25, -0.2) is 0 Å². The zero-order valence-corrected chi connectivity index (χ0v) is 42.0. The Hall–Kier alpha value is -3.93. The predicted molar refractivity (Wildman–Crippen MR) is 279 cm³/mol. The molecule has 0 aromatic carbocycles. The molecule has 0 unspecified atom stereocenters. The average molecular weight is 901 g/mol. The number of carbonyl (C=O) groups is 3. The van der Waals surface area contributed by atoms with Crippen LogP contribution in [0, 0.1) is 0 Å². The van der Waals surface area contributed by atoms with E-state index in [9.17, 15) is 14.4 Å². The summed E-state index contributed by atoms with van der Waals surface area (Å²) in [5.41, 5.74) is 0. The van der Waals surface area contributed by atoms with Gasteiger partial charge in [0.05, 0.1) is 0 Å². The van der Waals surface area contributed by atoms with Crippen LogP contribution in [0.25, 0.3) is 0 Å². The zero-order valence-electron chi connectivity index (χ0n) is 42.0. The van der Waals surface area contributed by atoms with E-state index in [1.165, 1.54) is 70.6 Å². The second-order valence-electron chi connectivity index (χ2n) is 17.0. The maximum atomic E-state index is 12.8. The molecule has 0 aliphatic carbocycles. The van der Waals surface area contributed by atoms with Crippen LogP contribution in [0.1, 0.15) is 226 Å². The molecule has 6 nitrogen and oxygen atoms in total. The van der Waals surface area contributed by atoms with E-state index >= 15 is 0 Å². The van der Waals surface area contributed by atoms with Crippen LogP contribution in [0.4, 0.5) is 0 Å². The van der Waals surface area contributed by atoms with Crippen molar-refractivity contribution in [1.82, 2.24) is 0 Å². The van der Waals surface area contributed by atoms with Crippen molar-refractivity contribution >= 4 is 17.9 Å². The van der Waals surface area contributed by atoms with Crippen LogP contribution in [0.5, 0.6) is 0 Å². The molecule has 0 radical (unpaired) electrons. The smallest absolute Gasteiger partial charge is 0.306 e. The molecule has 0 fully saturated rings. The summed E-state index contributed by atoms with van der Waals surface area (Å²) in [7, 11) is 0. The minimum Gasteiger partial charge on any atom is -0.462 e. The van der Waals surface area contributed by atoms with Crippen molar-refractivity contribution in [3.63, 3.8) is 0 Å². The molecule has 6 heteroatoms. The van der Waals surface area contributed by atoms with Gasteiger partial charge in [-0.3, -0.25) is 14.4 Å². The lowest BCUT2D eigenvalue weighted by molar-refractivity contribution is -0.167. The predicted octanol–water partition coefficient (Wildman–Crippen LogP) is 17.5. The van der Waals surface area contributed by atoms with E-state index in [-0.39, 0.29) is 37.5 Å². The molecule has 0 amide bonds. The molecule has 0 heterocycles. The summed E-state index contributed by atoms with van der Waals surface area (Å²) < 4.78 is 16.7. The molecule has 1 atom stereocenters. The third-order valence-corrected chi connectivity index (χ3v) is 10.7. The summed E-state index contributed by atoms with van der Waals surface area (Å²) in [4.78, 5) is 38.0. The first kappa shape index (κ1) is 61.1. The lowest BCUT2D eigenvalue weighted by Crippen LogP contribution is -2.30. The molecule has 65 heavy (non-hydrogen) atoms. The minimum atomic E-state index is -0.829. The van der Waals surface area contributed by atoms with Gasteiger partial charge in [-0.15, -0.1) is 0 Å². The number of esters is 3. The maximum Gasteiger partial charge on any atom is 0.306 e. The van der Waals surface area contributed by atoms with Crippen LogP contribution in [-0.2, 0) is 28.6 Å². The van der Waals surface area contributed by atoms with Crippen molar-refractivity contribution in [3.8, 4) is 0 Å². The van der Waals surface area contributed by atoms with E-state index in [1.54, 1.807) is 0 Å². The Labute approximate surface area is 400 Å². The highest BCUT2D eigenvalue weighted by atomic mass is 16.6. The molecule has 368 valence electrons. The molecule has 0 spiro atoms. The molecule has 0 aromatic heterocycles. The van der Waals surface area contributed by atoms with Crippen molar-refractivity contribution in [3.05, 3.63) is 109 Å². The molecule has 0 aliphatic rings. The number of unbranched alkanes of at least 4 members (excludes halogenated alkanes) is 17. The van der Waals surface area contributed by atoms with E-state index in [4.69, 9.17) is 14.2 Å². The van der Waals surface area contributed by atoms with Gasteiger partial charge in [-0.2, -0.15) is 0 Å². The van der Waals surface area contributed by atoms with E-state index < -0.39 is 6.10 Å². The lowest BCUT2D eigenvalue weighted by atomic mass is 10.1. The Bertz CT molecular complexity index is 1360. The molecule has 0 saturated carbocycles. The quantitative estimate of drug-likeness (QED) is 0.0262. The van der Waals surface area contributed by atoms with Gasteiger partial charge >= 0.3 is 17.9 Å². The number of hydrogen-bond donors (Lipinski definition) is 0. The third-order valence-electron chi connectivity index (χ3n) is 10.7. The SMILES string of the molecule is CC/C=C\C/C=C\C/C=C\CCCCCCCC(=O)OC[C@H](COC(=O)CCCC/C=C\C/C=C\C/C=C\CCCCC)OC(=O)CCC/C=C\C/C=C\C/C=C\CCCCCCCC. The Kier molecular flexibility index (Phi) is 49.5. The standard InChI is InChI=1S/C59H96O6/c1-4-7-10-13-16-19-22-25-28-29-32-35-38-41-44-47-50-53-59(62)65-56(54-63-57(60)51-48-45-42-39-36-33-30-26-23-20-17-14-11-8-5-2)55-64-58(61)52-49-46-43-40-37-34-31-27-24-21-18-15-12-9-6-3/h8,11,17-18,20-21,25-28,30-32,35,37,40-41,44,56H,4-7,9-10,12-16,19,22-24,29,33-34,36,38-39,42-43,45-55H2,1-3H3/b11-8-,20-17-,21-18-,28-25-,30-26-,31-27-,35-32-,40-37-,44-41-/t56-/m1/s1. The Morgan fingerprint density at radius 1 is 0.323 bits per heavy atom. The summed E-state index contributed by atoms with van der Waals surface area (Å²) in [6.45, 7) is 6.39. The van der Waals surface area contributed by atoms with Crippen molar-refractivity contribution in [2.24, 2.45) is 0 Å². The number of carbonyl (C=O) groups excluding carboxylic acids is 3. The number of rotatable bonds is 46. The second kappa shape index (κ2) is 52.7. The van der Waals surface area contributed by atoms with E-state index in [0.29, 0.717) is 25.7 Å². The highest BCUT2D eigenvalue weighted by Crippen LogP contribution is 2.12. The van der Waals surface area contributed by atoms with Gasteiger partial charge in [0.25, 0.3) is 0 Å². The van der Waals surface area contributed by atoms with Gasteiger partial charge in [0.1, 0.15) is 13.2 Å². The van der Waals surface area contributed by atoms with Crippen LogP contribution in [0.15, 0.2) is 109 Å². The summed E-state index contributed by atoms with van der Waals surface area (Å²) in [6.07, 6.45) is 70.8. The van der Waals surface area contributed by atoms with Crippen molar-refractivity contribution in [2.45, 2.75) is 232 Å². The summed E-state index contributed by atoms with van der Waals surface area (Å²) in [6, 6.07) is 0. The van der Waals surface area contributed by atoms with Crippen molar-refractivity contribution in [1.29, 1.82) is 0 Å². The minimum absolute atomic E-state index is 0.121. The van der Waals surface area contributed by atoms with Gasteiger partial charge in [0.2, 0.25) is 0 Å². The highest BCUT2D eigenvalue weighted by molar-refractivity contribution is 5.71. The fourth-order valence-corrected chi connectivity index (χ4v) is 6.77. The molecule has 0 rings (SSSR count). The van der Waals surface area contributed by atoms with Crippen LogP contribution in [0.3, 0.4) is 0 Å². The monoisotopic (exact) mass is 901 g/mol. The summed E-state index contributed by atoms with van der Waals surface area (Å²) >= 11 is 0. The Morgan fingerprint density at radius 3 is 1.05 bits per heavy atom. The highest BCUT2D eigenvalue weighted by Gasteiger charge is 2.19. The van der Waals surface area contributed by atoms with E-state index in [2.05, 4.69) is 130 Å². The molecular formula is C59H96O6. The Morgan fingerprint density at radius 2 is 0.615 bits per heavy atom. The van der Waals surface area contributed by atoms with Gasteiger partial charge in [0.15, 0.2) is 6.10 Å². The first-order valence-corrected chi connectivity index (χ1v) is 26.4. The van der Waals surface area contributed by atoms with Crippen LogP contribution in [-0.4, -0.2) is 37.2 Å². The van der Waals surface area contributed by atoms with Crippen molar-refractivity contribution in [2.75, 3.05) is 13.2 Å². The number of ether oxygens (including phenoxy) is 3. The largest absolute Gasteiger partial charge is 0.462 e.